The highest BCUT2D eigenvalue weighted by Crippen LogP contribution is 2.24. The first-order valence-corrected chi connectivity index (χ1v) is 5.91. The number of benzene rings is 2. The Kier molecular flexibility index (Phi) is 3.71. The number of aryl methyl sites for hydroxylation is 1. The number of rotatable bonds is 3. The first-order chi connectivity index (χ1) is 9.10. The zero-order chi connectivity index (χ0) is 13.8. The number of anilines is 3. The second kappa shape index (κ2) is 5.44. The molecule has 0 aliphatic rings. The van der Waals surface area contributed by atoms with Crippen molar-refractivity contribution in [3.63, 3.8) is 0 Å². The van der Waals surface area contributed by atoms with Crippen molar-refractivity contribution < 1.29 is 9.53 Å². The molecular formula is C15H16N2O2. The molecule has 0 amide bonds. The van der Waals surface area contributed by atoms with Crippen LogP contribution in [0.3, 0.4) is 0 Å². The van der Waals surface area contributed by atoms with E-state index in [1.165, 1.54) is 7.11 Å². The van der Waals surface area contributed by atoms with Gasteiger partial charge in [0.15, 0.2) is 0 Å². The van der Waals surface area contributed by atoms with E-state index >= 15 is 0 Å². The van der Waals surface area contributed by atoms with E-state index in [4.69, 9.17) is 10.5 Å². The summed E-state index contributed by atoms with van der Waals surface area (Å²) in [6.45, 7) is 2.00. The molecule has 0 unspecified atom stereocenters. The van der Waals surface area contributed by atoms with Gasteiger partial charge in [0, 0.05) is 5.69 Å². The predicted octanol–water partition coefficient (Wildman–Crippen LogP) is 3.11. The zero-order valence-electron chi connectivity index (χ0n) is 10.9. The largest absolute Gasteiger partial charge is 0.465 e. The molecule has 2 aromatic rings. The van der Waals surface area contributed by atoms with Crippen LogP contribution in [0.4, 0.5) is 17.1 Å². The van der Waals surface area contributed by atoms with Gasteiger partial charge in [-0.2, -0.15) is 0 Å². The minimum absolute atomic E-state index is 0.360. The minimum Gasteiger partial charge on any atom is -0.465 e. The molecule has 2 rings (SSSR count). The lowest BCUT2D eigenvalue weighted by molar-refractivity contribution is 0.0601. The Balaban J connectivity index is 2.28. The lowest BCUT2D eigenvalue weighted by Crippen LogP contribution is -2.02. The van der Waals surface area contributed by atoms with Crippen LogP contribution < -0.4 is 11.1 Å². The summed E-state index contributed by atoms with van der Waals surface area (Å²) < 4.78 is 4.69. The number of ether oxygens (including phenoxy) is 1. The molecule has 4 nitrogen and oxygen atoms in total. The van der Waals surface area contributed by atoms with E-state index < -0.39 is 0 Å². The summed E-state index contributed by atoms with van der Waals surface area (Å²) >= 11 is 0. The standard InChI is InChI=1S/C15H16N2O2/c1-10-6-7-13(16)14(8-10)17-12-5-3-4-11(9-12)15(18)19-2/h3-9,17H,16H2,1-2H3. The van der Waals surface area contributed by atoms with Crippen molar-refractivity contribution in [2.24, 2.45) is 0 Å². The fourth-order valence-electron chi connectivity index (χ4n) is 1.78. The first-order valence-electron chi connectivity index (χ1n) is 5.91. The maximum Gasteiger partial charge on any atom is 0.337 e. The Labute approximate surface area is 112 Å². The van der Waals surface area contributed by atoms with Gasteiger partial charge in [0.05, 0.1) is 24.0 Å². The summed E-state index contributed by atoms with van der Waals surface area (Å²) in [7, 11) is 1.36. The van der Waals surface area contributed by atoms with Gasteiger partial charge in [0.2, 0.25) is 0 Å². The number of nitrogens with one attached hydrogen (secondary N) is 1. The molecule has 0 fully saturated rings. The van der Waals surface area contributed by atoms with Crippen molar-refractivity contribution in [3.8, 4) is 0 Å². The van der Waals surface area contributed by atoms with E-state index in [1.807, 2.05) is 31.2 Å². The molecule has 0 saturated heterocycles. The van der Waals surface area contributed by atoms with Crippen molar-refractivity contribution in [1.29, 1.82) is 0 Å². The van der Waals surface area contributed by atoms with Gasteiger partial charge < -0.3 is 15.8 Å². The SMILES string of the molecule is COC(=O)c1cccc(Nc2cc(C)ccc2N)c1. The van der Waals surface area contributed by atoms with Gasteiger partial charge >= 0.3 is 5.97 Å². The lowest BCUT2D eigenvalue weighted by atomic mass is 10.1. The fourth-order valence-corrected chi connectivity index (χ4v) is 1.78. The van der Waals surface area contributed by atoms with Gasteiger partial charge in [-0.1, -0.05) is 12.1 Å². The first kappa shape index (κ1) is 13.0. The summed E-state index contributed by atoms with van der Waals surface area (Å²) in [5, 5.41) is 3.20. The van der Waals surface area contributed by atoms with Gasteiger partial charge in [-0.3, -0.25) is 0 Å². The van der Waals surface area contributed by atoms with Crippen LogP contribution in [-0.2, 0) is 4.74 Å². The van der Waals surface area contributed by atoms with E-state index in [0.717, 1.165) is 16.9 Å². The third-order valence-corrected chi connectivity index (χ3v) is 2.77. The third-order valence-electron chi connectivity index (χ3n) is 2.77. The maximum atomic E-state index is 11.5. The Bertz CT molecular complexity index is 609. The molecule has 4 heteroatoms. The molecule has 0 radical (unpaired) electrons. The molecule has 0 aliphatic heterocycles. The van der Waals surface area contributed by atoms with Crippen molar-refractivity contribution in [2.45, 2.75) is 6.92 Å². The topological polar surface area (TPSA) is 64.3 Å². The molecular weight excluding hydrogens is 240 g/mol. The van der Waals surface area contributed by atoms with Gasteiger partial charge in [-0.25, -0.2) is 4.79 Å². The highest BCUT2D eigenvalue weighted by Gasteiger charge is 2.06. The maximum absolute atomic E-state index is 11.5. The highest BCUT2D eigenvalue weighted by atomic mass is 16.5. The summed E-state index contributed by atoms with van der Waals surface area (Å²) in [6.07, 6.45) is 0. The molecule has 0 heterocycles. The van der Waals surface area contributed by atoms with Crippen LogP contribution in [0, 0.1) is 6.92 Å². The number of esters is 1. The molecule has 0 aliphatic carbocycles. The minimum atomic E-state index is -0.360. The Hall–Kier alpha value is -2.49. The van der Waals surface area contributed by atoms with Gasteiger partial charge in [0.25, 0.3) is 0 Å². The van der Waals surface area contributed by atoms with E-state index in [2.05, 4.69) is 5.32 Å². The van der Waals surface area contributed by atoms with Crippen LogP contribution in [0.2, 0.25) is 0 Å². The predicted molar refractivity (Wildman–Crippen MR) is 76.7 cm³/mol. The molecule has 98 valence electrons. The Morgan fingerprint density at radius 1 is 1.21 bits per heavy atom. The number of methoxy groups -OCH3 is 1. The molecule has 0 saturated carbocycles. The van der Waals surface area contributed by atoms with Crippen LogP contribution in [0.5, 0.6) is 0 Å². The lowest BCUT2D eigenvalue weighted by Gasteiger charge is -2.11. The second-order valence-corrected chi connectivity index (χ2v) is 4.29. The summed E-state index contributed by atoms with van der Waals surface area (Å²) in [5.74, 6) is -0.360. The van der Waals surface area contributed by atoms with Crippen molar-refractivity contribution >= 4 is 23.0 Å². The van der Waals surface area contributed by atoms with Crippen LogP contribution in [-0.4, -0.2) is 13.1 Å². The second-order valence-electron chi connectivity index (χ2n) is 4.29. The number of hydrogen-bond donors (Lipinski definition) is 2. The summed E-state index contributed by atoms with van der Waals surface area (Å²) in [6, 6.07) is 12.9. The van der Waals surface area contributed by atoms with Crippen LogP contribution >= 0.6 is 0 Å². The highest BCUT2D eigenvalue weighted by molar-refractivity contribution is 5.90. The van der Waals surface area contributed by atoms with Gasteiger partial charge in [-0.15, -0.1) is 0 Å². The Morgan fingerprint density at radius 3 is 2.74 bits per heavy atom. The number of hydrogen-bond acceptors (Lipinski definition) is 4. The van der Waals surface area contributed by atoms with E-state index in [-0.39, 0.29) is 5.97 Å². The summed E-state index contributed by atoms with van der Waals surface area (Å²) in [4.78, 5) is 11.5. The number of carbonyl (C=O) groups is 1. The molecule has 19 heavy (non-hydrogen) atoms. The average molecular weight is 256 g/mol. The molecule has 0 atom stereocenters. The fraction of sp³-hybridized carbons (Fsp3) is 0.133. The smallest absolute Gasteiger partial charge is 0.337 e. The average Bonchev–Trinajstić information content (AvgIpc) is 2.42. The number of carbonyl (C=O) groups excluding carboxylic acids is 1. The number of nitrogens with two attached hydrogens (primary N) is 1. The van der Waals surface area contributed by atoms with E-state index in [1.54, 1.807) is 18.2 Å². The Morgan fingerprint density at radius 2 is 2.00 bits per heavy atom. The van der Waals surface area contributed by atoms with Crippen LogP contribution in [0.1, 0.15) is 15.9 Å². The molecule has 3 N–H and O–H groups in total. The molecule has 0 bridgehead atoms. The molecule has 0 aromatic heterocycles. The van der Waals surface area contributed by atoms with E-state index in [0.29, 0.717) is 11.3 Å². The third kappa shape index (κ3) is 3.04. The van der Waals surface area contributed by atoms with Gasteiger partial charge in [-0.05, 0) is 42.8 Å². The van der Waals surface area contributed by atoms with Crippen LogP contribution in [0.15, 0.2) is 42.5 Å². The van der Waals surface area contributed by atoms with Crippen LogP contribution in [0.25, 0.3) is 0 Å². The van der Waals surface area contributed by atoms with Crippen molar-refractivity contribution in [1.82, 2.24) is 0 Å². The number of nitrogen functional groups attached to an aromatic ring is 1. The normalized spacial score (nSPS) is 10.0. The molecule has 0 spiro atoms. The van der Waals surface area contributed by atoms with Crippen molar-refractivity contribution in [3.05, 3.63) is 53.6 Å². The quantitative estimate of drug-likeness (QED) is 0.654. The van der Waals surface area contributed by atoms with E-state index in [9.17, 15) is 4.79 Å². The summed E-state index contributed by atoms with van der Waals surface area (Å²) in [5.41, 5.74) is 9.79. The van der Waals surface area contributed by atoms with Gasteiger partial charge in [0.1, 0.15) is 0 Å². The van der Waals surface area contributed by atoms with Crippen molar-refractivity contribution in [2.75, 3.05) is 18.2 Å². The zero-order valence-corrected chi connectivity index (χ0v) is 10.9. The monoisotopic (exact) mass is 256 g/mol. The molecule has 2 aromatic carbocycles.